The second-order valence-electron chi connectivity index (χ2n) is 5.25. The molecule has 0 aliphatic carbocycles. The lowest BCUT2D eigenvalue weighted by Crippen LogP contribution is -2.36. The van der Waals surface area contributed by atoms with Crippen molar-refractivity contribution < 1.29 is 12.8 Å². The zero-order valence-corrected chi connectivity index (χ0v) is 12.3. The minimum Gasteiger partial charge on any atom is -0.317 e. The monoisotopic (exact) mass is 300 g/mol. The highest BCUT2D eigenvalue weighted by Crippen LogP contribution is 2.13. The van der Waals surface area contributed by atoms with Crippen LogP contribution in [-0.4, -0.2) is 33.8 Å². The molecule has 112 valence electrons. The van der Waals surface area contributed by atoms with E-state index in [1.54, 1.807) is 12.1 Å². The second kappa shape index (κ2) is 7.15. The van der Waals surface area contributed by atoms with Crippen molar-refractivity contribution in [1.29, 1.82) is 0 Å². The van der Waals surface area contributed by atoms with Gasteiger partial charge in [-0.25, -0.2) is 17.5 Å². The Labute approximate surface area is 119 Å². The number of piperidine rings is 1. The number of hydrogen-bond acceptors (Lipinski definition) is 3. The lowest BCUT2D eigenvalue weighted by molar-refractivity contribution is 0.400. The Hall–Kier alpha value is -0.980. The third-order valence-corrected chi connectivity index (χ3v) is 5.09. The average molecular weight is 300 g/mol. The number of sulfonamides is 1. The molecule has 1 aliphatic heterocycles. The third kappa shape index (κ3) is 5.19. The Morgan fingerprint density at radius 1 is 1.30 bits per heavy atom. The van der Waals surface area contributed by atoms with E-state index in [0.29, 0.717) is 13.0 Å². The summed E-state index contributed by atoms with van der Waals surface area (Å²) in [5, 5.41) is 3.22. The highest BCUT2D eigenvalue weighted by atomic mass is 32.2. The minimum absolute atomic E-state index is 0.192. The molecule has 4 nitrogen and oxygen atoms in total. The number of nitrogens with one attached hydrogen (secondary N) is 2. The van der Waals surface area contributed by atoms with Crippen LogP contribution in [0.15, 0.2) is 24.3 Å². The molecule has 1 aliphatic rings. The maximum Gasteiger partial charge on any atom is 0.211 e. The van der Waals surface area contributed by atoms with Crippen molar-refractivity contribution in [3.05, 3.63) is 35.6 Å². The average Bonchev–Trinajstić information content (AvgIpc) is 2.39. The van der Waals surface area contributed by atoms with Crippen LogP contribution in [0.4, 0.5) is 4.39 Å². The zero-order chi connectivity index (χ0) is 14.4. The molecule has 2 rings (SSSR count). The zero-order valence-electron chi connectivity index (χ0n) is 11.4. The van der Waals surface area contributed by atoms with Gasteiger partial charge in [-0.1, -0.05) is 12.1 Å². The fourth-order valence-electron chi connectivity index (χ4n) is 2.46. The van der Waals surface area contributed by atoms with Crippen molar-refractivity contribution in [2.45, 2.75) is 19.3 Å². The topological polar surface area (TPSA) is 58.2 Å². The van der Waals surface area contributed by atoms with E-state index in [1.807, 2.05) is 0 Å². The molecule has 6 heteroatoms. The van der Waals surface area contributed by atoms with Crippen LogP contribution in [0.25, 0.3) is 0 Å². The Morgan fingerprint density at radius 2 is 2.05 bits per heavy atom. The van der Waals surface area contributed by atoms with Crippen molar-refractivity contribution in [3.63, 3.8) is 0 Å². The summed E-state index contributed by atoms with van der Waals surface area (Å²) < 4.78 is 39.5. The first-order chi connectivity index (χ1) is 9.55. The van der Waals surface area contributed by atoms with E-state index in [9.17, 15) is 12.8 Å². The first-order valence-electron chi connectivity index (χ1n) is 6.98. The maximum absolute atomic E-state index is 13.0. The van der Waals surface area contributed by atoms with Gasteiger partial charge in [-0.05, 0) is 56.0 Å². The minimum atomic E-state index is -3.23. The quantitative estimate of drug-likeness (QED) is 0.832. The summed E-state index contributed by atoms with van der Waals surface area (Å²) in [6.07, 6.45) is 2.32. The van der Waals surface area contributed by atoms with Crippen molar-refractivity contribution in [2.24, 2.45) is 5.92 Å². The van der Waals surface area contributed by atoms with Crippen molar-refractivity contribution >= 4 is 10.0 Å². The Balaban J connectivity index is 1.77. The smallest absolute Gasteiger partial charge is 0.211 e. The van der Waals surface area contributed by atoms with Crippen LogP contribution in [0.5, 0.6) is 0 Å². The van der Waals surface area contributed by atoms with Crippen LogP contribution < -0.4 is 10.0 Å². The normalized spacial score (nSPS) is 17.2. The van der Waals surface area contributed by atoms with Gasteiger partial charge in [-0.15, -0.1) is 0 Å². The molecular weight excluding hydrogens is 279 g/mol. The second-order valence-corrected chi connectivity index (χ2v) is 7.10. The summed E-state index contributed by atoms with van der Waals surface area (Å²) in [4.78, 5) is 0. The third-order valence-electron chi connectivity index (χ3n) is 3.54. The predicted molar refractivity (Wildman–Crippen MR) is 77.5 cm³/mol. The molecule has 0 amide bonds. The summed E-state index contributed by atoms with van der Waals surface area (Å²) in [7, 11) is -3.23. The molecule has 1 heterocycles. The van der Waals surface area contributed by atoms with Gasteiger partial charge >= 0.3 is 0 Å². The Kier molecular flexibility index (Phi) is 5.51. The number of hydrogen-bond donors (Lipinski definition) is 2. The Bertz CT molecular complexity index is 528. The molecule has 0 spiro atoms. The highest BCUT2D eigenvalue weighted by Gasteiger charge is 2.20. The van der Waals surface area contributed by atoms with E-state index < -0.39 is 10.0 Å². The van der Waals surface area contributed by atoms with Crippen LogP contribution >= 0.6 is 0 Å². The van der Waals surface area contributed by atoms with Crippen LogP contribution in [0.3, 0.4) is 0 Å². The fraction of sp³-hybridized carbons (Fsp3) is 0.571. The van der Waals surface area contributed by atoms with Gasteiger partial charge in [0, 0.05) is 6.54 Å². The van der Waals surface area contributed by atoms with E-state index in [1.165, 1.54) is 12.1 Å². The van der Waals surface area contributed by atoms with Gasteiger partial charge in [0.2, 0.25) is 10.0 Å². The first kappa shape index (κ1) is 15.4. The summed E-state index contributed by atoms with van der Waals surface area (Å²) in [6.45, 7) is 2.10. The van der Waals surface area contributed by atoms with E-state index >= 15 is 0 Å². The van der Waals surface area contributed by atoms with Crippen LogP contribution in [0.2, 0.25) is 0 Å². The van der Waals surface area contributed by atoms with Crippen LogP contribution in [0, 0.1) is 11.7 Å². The molecule has 1 fully saturated rings. The summed E-state index contributed by atoms with van der Waals surface area (Å²) >= 11 is 0. The van der Waals surface area contributed by atoms with Gasteiger partial charge < -0.3 is 5.32 Å². The van der Waals surface area contributed by atoms with Gasteiger partial charge in [-0.2, -0.15) is 0 Å². The van der Waals surface area contributed by atoms with Gasteiger partial charge in [0.1, 0.15) is 5.82 Å². The molecule has 1 aromatic carbocycles. The molecule has 0 unspecified atom stereocenters. The molecule has 0 bridgehead atoms. The highest BCUT2D eigenvalue weighted by molar-refractivity contribution is 7.89. The largest absolute Gasteiger partial charge is 0.317 e. The molecular formula is C14H21FN2O2S. The molecule has 0 aromatic heterocycles. The number of benzene rings is 1. The molecule has 1 saturated heterocycles. The predicted octanol–water partition coefficient (Wildman–Crippen LogP) is 1.29. The van der Waals surface area contributed by atoms with Crippen LogP contribution in [-0.2, 0) is 16.4 Å². The lowest BCUT2D eigenvalue weighted by atomic mass is 10.0. The van der Waals surface area contributed by atoms with Gasteiger partial charge in [0.25, 0.3) is 0 Å². The SMILES string of the molecule is O=S(=O)(CC1CCNCC1)NCCc1cccc(F)c1. The van der Waals surface area contributed by atoms with E-state index in [2.05, 4.69) is 10.0 Å². The van der Waals surface area contributed by atoms with Gasteiger partial charge in [-0.3, -0.25) is 0 Å². The van der Waals surface area contributed by atoms with E-state index in [4.69, 9.17) is 0 Å². The van der Waals surface area contributed by atoms with Gasteiger partial charge in [0.05, 0.1) is 5.75 Å². The summed E-state index contributed by atoms with van der Waals surface area (Å²) in [6, 6.07) is 6.24. The molecule has 2 N–H and O–H groups in total. The molecule has 0 atom stereocenters. The number of rotatable bonds is 6. The fourth-order valence-corrected chi connectivity index (χ4v) is 3.95. The van der Waals surface area contributed by atoms with Crippen LogP contribution in [0.1, 0.15) is 18.4 Å². The van der Waals surface area contributed by atoms with Crippen molar-refractivity contribution in [1.82, 2.24) is 10.0 Å². The number of halogens is 1. The van der Waals surface area contributed by atoms with E-state index in [-0.39, 0.29) is 17.5 Å². The molecule has 0 saturated carbocycles. The van der Waals surface area contributed by atoms with Crippen molar-refractivity contribution in [3.8, 4) is 0 Å². The summed E-state index contributed by atoms with van der Waals surface area (Å²) in [5.41, 5.74) is 0.801. The maximum atomic E-state index is 13.0. The summed E-state index contributed by atoms with van der Waals surface area (Å²) in [5.74, 6) is 0.139. The van der Waals surface area contributed by atoms with E-state index in [0.717, 1.165) is 31.5 Å². The first-order valence-corrected chi connectivity index (χ1v) is 8.63. The lowest BCUT2D eigenvalue weighted by Gasteiger charge is -2.22. The molecule has 20 heavy (non-hydrogen) atoms. The Morgan fingerprint density at radius 3 is 2.75 bits per heavy atom. The van der Waals surface area contributed by atoms with Crippen molar-refractivity contribution in [2.75, 3.05) is 25.4 Å². The molecule has 0 radical (unpaired) electrons. The standard InChI is InChI=1S/C14H21FN2O2S/c15-14-3-1-2-12(10-14)6-9-17-20(18,19)11-13-4-7-16-8-5-13/h1-3,10,13,16-17H,4-9,11H2. The molecule has 1 aromatic rings. The van der Waals surface area contributed by atoms with Gasteiger partial charge in [0.15, 0.2) is 0 Å².